The molecule has 0 bridgehead atoms. The van der Waals surface area contributed by atoms with Gasteiger partial charge in [0.25, 0.3) is 0 Å². The molecule has 0 radical (unpaired) electrons. The smallest absolute Gasteiger partial charge is 0.306 e. The molecule has 0 saturated carbocycles. The lowest BCUT2D eigenvalue weighted by molar-refractivity contribution is 0.262. The Kier molecular flexibility index (Phi) is 4.30. The number of fused-ring (bicyclic) bond motifs is 1. The molecule has 26 heavy (non-hydrogen) atoms. The first kappa shape index (κ1) is 15.8. The fraction of sp³-hybridized carbons (Fsp3) is 0.0500. The lowest BCUT2D eigenvalue weighted by Crippen LogP contribution is -2.19. The number of benzene rings is 2. The van der Waals surface area contributed by atoms with Gasteiger partial charge in [0.15, 0.2) is 0 Å². The molecule has 2 N–H and O–H groups in total. The summed E-state index contributed by atoms with van der Waals surface area (Å²) >= 11 is 0. The summed E-state index contributed by atoms with van der Waals surface area (Å²) in [4.78, 5) is 16.6. The maximum absolute atomic E-state index is 12.3. The third-order valence-corrected chi connectivity index (χ3v) is 3.96. The number of amides is 2. The number of hydrogen-bond acceptors (Lipinski definition) is 3. The van der Waals surface area contributed by atoms with Gasteiger partial charge < -0.3 is 10.6 Å². The summed E-state index contributed by atoms with van der Waals surface area (Å²) < 4.78 is 1.78. The van der Waals surface area contributed by atoms with E-state index < -0.39 is 0 Å². The van der Waals surface area contributed by atoms with Crippen LogP contribution in [-0.4, -0.2) is 20.8 Å². The zero-order chi connectivity index (χ0) is 17.8. The first-order valence-electron chi connectivity index (χ1n) is 8.26. The van der Waals surface area contributed by atoms with Crippen LogP contribution in [0, 0.1) is 0 Å². The Labute approximate surface area is 150 Å². The van der Waals surface area contributed by atoms with Gasteiger partial charge in [-0.3, -0.25) is 9.67 Å². The summed E-state index contributed by atoms with van der Waals surface area (Å²) in [6.45, 7) is 0.650. The van der Waals surface area contributed by atoms with Crippen molar-refractivity contribution in [2.24, 2.45) is 0 Å². The Morgan fingerprint density at radius 2 is 1.81 bits per heavy atom. The average molecular weight is 343 g/mol. The van der Waals surface area contributed by atoms with Crippen LogP contribution >= 0.6 is 0 Å². The lowest BCUT2D eigenvalue weighted by atomic mass is 10.2. The minimum absolute atomic E-state index is 0.331. The van der Waals surface area contributed by atoms with Gasteiger partial charge in [-0.2, -0.15) is 5.10 Å². The number of nitrogens with zero attached hydrogens (tertiary/aromatic N) is 3. The number of hydrogen-bond donors (Lipinski definition) is 2. The quantitative estimate of drug-likeness (QED) is 0.585. The SMILES string of the molecule is O=C(Nc1cnn(Cc2ccccc2)c1)Nc1cccc2cccnc12. The molecule has 2 amide bonds. The van der Waals surface area contributed by atoms with Gasteiger partial charge in [0.05, 0.1) is 29.6 Å². The average Bonchev–Trinajstić information content (AvgIpc) is 3.09. The molecule has 0 unspecified atom stereocenters. The van der Waals surface area contributed by atoms with Crippen LogP contribution in [0.25, 0.3) is 10.9 Å². The number of urea groups is 1. The molecule has 6 nitrogen and oxygen atoms in total. The van der Waals surface area contributed by atoms with E-state index in [0.717, 1.165) is 16.5 Å². The molecule has 0 spiro atoms. The van der Waals surface area contributed by atoms with E-state index in [2.05, 4.69) is 20.7 Å². The molecule has 0 aliphatic carbocycles. The number of rotatable bonds is 4. The van der Waals surface area contributed by atoms with Crippen LogP contribution in [0.1, 0.15) is 5.56 Å². The first-order valence-corrected chi connectivity index (χ1v) is 8.26. The lowest BCUT2D eigenvalue weighted by Gasteiger charge is -2.08. The van der Waals surface area contributed by atoms with E-state index in [9.17, 15) is 4.79 Å². The number of nitrogens with one attached hydrogen (secondary N) is 2. The van der Waals surface area contributed by atoms with Gasteiger partial charge in [-0.25, -0.2) is 4.79 Å². The van der Waals surface area contributed by atoms with Crippen molar-refractivity contribution in [2.45, 2.75) is 6.54 Å². The number of aromatic nitrogens is 3. The summed E-state index contributed by atoms with van der Waals surface area (Å²) in [6.07, 6.45) is 5.14. The Bertz CT molecular complexity index is 1040. The molecule has 0 saturated heterocycles. The molecular formula is C20H17N5O. The summed E-state index contributed by atoms with van der Waals surface area (Å²) in [5, 5.41) is 10.9. The molecule has 4 aromatic rings. The standard InChI is InChI=1S/C20H17N5O/c26-20(24-18-10-4-8-16-9-5-11-21-19(16)18)23-17-12-22-25(14-17)13-15-6-2-1-3-7-15/h1-12,14H,13H2,(H2,23,24,26). The predicted octanol–water partition coefficient (Wildman–Crippen LogP) is 4.12. The van der Waals surface area contributed by atoms with Gasteiger partial charge in [-0.05, 0) is 17.7 Å². The van der Waals surface area contributed by atoms with Crippen LogP contribution in [-0.2, 0) is 6.54 Å². The van der Waals surface area contributed by atoms with Gasteiger partial charge in [0, 0.05) is 17.8 Å². The van der Waals surface area contributed by atoms with E-state index in [4.69, 9.17) is 0 Å². The fourth-order valence-electron chi connectivity index (χ4n) is 2.77. The first-order chi connectivity index (χ1) is 12.8. The highest BCUT2D eigenvalue weighted by Gasteiger charge is 2.08. The largest absolute Gasteiger partial charge is 0.323 e. The topological polar surface area (TPSA) is 71.8 Å². The van der Waals surface area contributed by atoms with Crippen molar-refractivity contribution in [3.05, 3.63) is 84.8 Å². The van der Waals surface area contributed by atoms with Crippen molar-refractivity contribution >= 4 is 28.3 Å². The second-order valence-corrected chi connectivity index (χ2v) is 5.87. The van der Waals surface area contributed by atoms with Gasteiger partial charge in [0.1, 0.15) is 0 Å². The Balaban J connectivity index is 1.44. The van der Waals surface area contributed by atoms with Crippen LogP contribution < -0.4 is 10.6 Å². The highest BCUT2D eigenvalue weighted by Crippen LogP contribution is 2.20. The van der Waals surface area contributed by atoms with Crippen molar-refractivity contribution in [2.75, 3.05) is 10.6 Å². The Morgan fingerprint density at radius 1 is 0.962 bits per heavy atom. The molecule has 2 heterocycles. The maximum atomic E-state index is 12.3. The van der Waals surface area contributed by atoms with Crippen molar-refractivity contribution in [1.29, 1.82) is 0 Å². The number of anilines is 2. The number of para-hydroxylation sites is 1. The van der Waals surface area contributed by atoms with E-state index >= 15 is 0 Å². The summed E-state index contributed by atoms with van der Waals surface area (Å²) in [5.41, 5.74) is 3.20. The molecule has 2 aromatic heterocycles. The molecule has 0 aliphatic rings. The monoisotopic (exact) mass is 343 g/mol. The van der Waals surface area contributed by atoms with Gasteiger partial charge in [-0.15, -0.1) is 0 Å². The zero-order valence-corrected chi connectivity index (χ0v) is 14.0. The van der Waals surface area contributed by atoms with Crippen LogP contribution in [0.4, 0.5) is 16.2 Å². The van der Waals surface area contributed by atoms with Crippen molar-refractivity contribution < 1.29 is 4.79 Å². The normalized spacial score (nSPS) is 10.6. The summed E-state index contributed by atoms with van der Waals surface area (Å²) in [5.74, 6) is 0. The molecule has 0 fully saturated rings. The number of carbonyl (C=O) groups excluding carboxylic acids is 1. The predicted molar refractivity (Wildman–Crippen MR) is 102 cm³/mol. The zero-order valence-electron chi connectivity index (χ0n) is 14.0. The van der Waals surface area contributed by atoms with Crippen molar-refractivity contribution in [1.82, 2.24) is 14.8 Å². The molecular weight excluding hydrogens is 326 g/mol. The van der Waals surface area contributed by atoms with Crippen LogP contribution in [0.3, 0.4) is 0 Å². The highest BCUT2D eigenvalue weighted by molar-refractivity contribution is 6.04. The van der Waals surface area contributed by atoms with Crippen LogP contribution in [0.5, 0.6) is 0 Å². The molecule has 2 aromatic carbocycles. The van der Waals surface area contributed by atoms with E-state index in [1.807, 2.05) is 60.7 Å². The van der Waals surface area contributed by atoms with E-state index in [-0.39, 0.29) is 6.03 Å². The molecule has 0 aliphatic heterocycles. The number of pyridine rings is 1. The van der Waals surface area contributed by atoms with E-state index in [1.165, 1.54) is 0 Å². The molecule has 6 heteroatoms. The van der Waals surface area contributed by atoms with E-state index in [0.29, 0.717) is 17.9 Å². The fourth-order valence-corrected chi connectivity index (χ4v) is 2.77. The summed E-state index contributed by atoms with van der Waals surface area (Å²) in [7, 11) is 0. The Hall–Kier alpha value is -3.67. The Morgan fingerprint density at radius 3 is 2.69 bits per heavy atom. The third-order valence-electron chi connectivity index (χ3n) is 3.96. The number of carbonyl (C=O) groups is 1. The van der Waals surface area contributed by atoms with Crippen molar-refractivity contribution in [3.8, 4) is 0 Å². The molecule has 128 valence electrons. The highest BCUT2D eigenvalue weighted by atomic mass is 16.2. The van der Waals surface area contributed by atoms with Gasteiger partial charge in [0.2, 0.25) is 0 Å². The molecule has 4 rings (SSSR count). The second-order valence-electron chi connectivity index (χ2n) is 5.87. The van der Waals surface area contributed by atoms with Gasteiger partial charge >= 0.3 is 6.03 Å². The minimum Gasteiger partial charge on any atom is -0.306 e. The third kappa shape index (κ3) is 3.54. The summed E-state index contributed by atoms with van der Waals surface area (Å²) in [6, 6.07) is 19.2. The maximum Gasteiger partial charge on any atom is 0.323 e. The van der Waals surface area contributed by atoms with Crippen LogP contribution in [0.15, 0.2) is 79.3 Å². The van der Waals surface area contributed by atoms with E-state index in [1.54, 1.807) is 23.3 Å². The molecule has 0 atom stereocenters. The van der Waals surface area contributed by atoms with Gasteiger partial charge in [-0.1, -0.05) is 48.5 Å². The van der Waals surface area contributed by atoms with Crippen LogP contribution in [0.2, 0.25) is 0 Å². The van der Waals surface area contributed by atoms with Crippen molar-refractivity contribution in [3.63, 3.8) is 0 Å². The second kappa shape index (κ2) is 7.06. The minimum atomic E-state index is -0.331.